The number of hydrogen-bond donors (Lipinski definition) is 0. The largest absolute Gasteiger partial charge is 0.417 e. The average Bonchev–Trinajstić information content (AvgIpc) is 2.03. The molecule has 0 aromatic heterocycles. The van der Waals surface area contributed by atoms with E-state index in [0.29, 0.717) is 0 Å². The van der Waals surface area contributed by atoms with E-state index in [2.05, 4.69) is 0 Å². The minimum atomic E-state index is -4.54. The molecule has 0 amide bonds. The van der Waals surface area contributed by atoms with Crippen LogP contribution >= 0.6 is 24.0 Å². The van der Waals surface area contributed by atoms with E-state index in [1.807, 2.05) is 0 Å². The summed E-state index contributed by atoms with van der Waals surface area (Å²) in [5.41, 5.74) is -1.52. The van der Waals surface area contributed by atoms with Gasteiger partial charge in [-0.25, -0.2) is 0 Å². The maximum Gasteiger partial charge on any atom is 0.417 e. The Morgan fingerprint density at radius 2 is 1.71 bits per heavy atom. The van der Waals surface area contributed by atoms with Crippen LogP contribution in [0.15, 0.2) is 24.3 Å². The van der Waals surface area contributed by atoms with E-state index in [-0.39, 0.29) is 12.4 Å². The molecule has 0 heterocycles. The monoisotopic (exact) mass is 244 g/mol. The first kappa shape index (κ1) is 13.3. The van der Waals surface area contributed by atoms with Gasteiger partial charge in [0, 0.05) is 5.56 Å². The van der Waals surface area contributed by atoms with Gasteiger partial charge in [-0.15, -0.1) is 12.4 Å². The van der Waals surface area contributed by atoms with Crippen molar-refractivity contribution in [2.45, 2.75) is 6.18 Å². The number of carbonyl (C=O) groups is 1. The first-order valence-corrected chi connectivity index (χ1v) is 3.67. The summed E-state index contributed by atoms with van der Waals surface area (Å²) in [7, 11) is 0. The van der Waals surface area contributed by atoms with Gasteiger partial charge in [0.1, 0.15) is 0 Å². The molecule has 6 heteroatoms. The molecule has 0 atom stereocenters. The van der Waals surface area contributed by atoms with Crippen molar-refractivity contribution in [2.24, 2.45) is 0 Å². The second-order valence-corrected chi connectivity index (χ2v) is 2.66. The molecular weight excluding hydrogens is 240 g/mol. The zero-order valence-electron chi connectivity index (χ0n) is 6.64. The van der Waals surface area contributed by atoms with Crippen molar-refractivity contribution in [2.75, 3.05) is 0 Å². The van der Waals surface area contributed by atoms with Gasteiger partial charge < -0.3 is 0 Å². The molecule has 0 fully saturated rings. The highest BCUT2D eigenvalue weighted by molar-refractivity contribution is 6.67. The summed E-state index contributed by atoms with van der Waals surface area (Å²) in [6.07, 6.45) is -4.54. The highest BCUT2D eigenvalue weighted by Gasteiger charge is 2.34. The quantitative estimate of drug-likeness (QED) is 0.692. The molecule has 0 aliphatic rings. The molecule has 0 N–H and O–H groups in total. The topological polar surface area (TPSA) is 17.1 Å². The Hall–Kier alpha value is -0.740. The van der Waals surface area contributed by atoms with Crippen LogP contribution in [0.4, 0.5) is 13.2 Å². The van der Waals surface area contributed by atoms with Crippen LogP contribution < -0.4 is 0 Å². The van der Waals surface area contributed by atoms with E-state index in [1.165, 1.54) is 12.1 Å². The number of carbonyl (C=O) groups excluding carboxylic acids is 1. The van der Waals surface area contributed by atoms with Crippen molar-refractivity contribution in [1.82, 2.24) is 0 Å². The first-order chi connectivity index (χ1) is 5.93. The van der Waals surface area contributed by atoms with Crippen LogP contribution in [0.1, 0.15) is 15.9 Å². The Morgan fingerprint density at radius 1 is 1.21 bits per heavy atom. The summed E-state index contributed by atoms with van der Waals surface area (Å²) >= 11 is 4.98. The van der Waals surface area contributed by atoms with E-state index >= 15 is 0 Å². The second-order valence-electron chi connectivity index (χ2n) is 2.32. The highest BCUT2D eigenvalue weighted by Crippen LogP contribution is 2.32. The van der Waals surface area contributed by atoms with Crippen molar-refractivity contribution in [3.05, 3.63) is 35.4 Å². The molecule has 0 saturated carbocycles. The summed E-state index contributed by atoms with van der Waals surface area (Å²) in [6.45, 7) is 0. The second kappa shape index (κ2) is 4.66. The van der Waals surface area contributed by atoms with Crippen molar-refractivity contribution >= 4 is 29.3 Å². The van der Waals surface area contributed by atoms with Crippen molar-refractivity contribution in [3.8, 4) is 0 Å². The molecule has 1 rings (SSSR count). The van der Waals surface area contributed by atoms with Crippen molar-refractivity contribution in [3.63, 3.8) is 0 Å². The lowest BCUT2D eigenvalue weighted by Gasteiger charge is -2.08. The third-order valence-corrected chi connectivity index (χ3v) is 1.65. The minimum absolute atomic E-state index is 0. The zero-order chi connectivity index (χ0) is 10.1. The first-order valence-electron chi connectivity index (χ1n) is 3.29. The molecule has 1 aromatic carbocycles. The Bertz CT molecular complexity index is 336. The van der Waals surface area contributed by atoms with Crippen LogP contribution in [0.2, 0.25) is 0 Å². The van der Waals surface area contributed by atoms with Gasteiger partial charge in [-0.2, -0.15) is 13.2 Å². The van der Waals surface area contributed by atoms with E-state index < -0.39 is 22.5 Å². The average molecular weight is 245 g/mol. The van der Waals surface area contributed by atoms with E-state index in [0.717, 1.165) is 12.1 Å². The molecule has 0 aliphatic heterocycles. The van der Waals surface area contributed by atoms with E-state index in [1.54, 1.807) is 0 Å². The molecule has 1 aromatic rings. The number of halogens is 5. The maximum atomic E-state index is 12.2. The van der Waals surface area contributed by atoms with Crippen LogP contribution in [-0.2, 0) is 6.18 Å². The van der Waals surface area contributed by atoms with Crippen LogP contribution in [0.25, 0.3) is 0 Å². The normalized spacial score (nSPS) is 10.6. The van der Waals surface area contributed by atoms with Gasteiger partial charge in [0.05, 0.1) is 5.56 Å². The molecule has 0 radical (unpaired) electrons. The van der Waals surface area contributed by atoms with Crippen LogP contribution in [0.5, 0.6) is 0 Å². The number of rotatable bonds is 1. The summed E-state index contributed by atoms with van der Waals surface area (Å²) in [5, 5.41) is -1.10. The van der Waals surface area contributed by atoms with Crippen LogP contribution in [0.3, 0.4) is 0 Å². The van der Waals surface area contributed by atoms with Crippen molar-refractivity contribution in [1.29, 1.82) is 0 Å². The fraction of sp³-hybridized carbons (Fsp3) is 0.125. The zero-order valence-corrected chi connectivity index (χ0v) is 8.21. The fourth-order valence-corrected chi connectivity index (χ4v) is 1.07. The smallest absolute Gasteiger partial charge is 0.276 e. The molecule has 14 heavy (non-hydrogen) atoms. The molecular formula is C8H5Cl2F3O. The standard InChI is InChI=1S/C8H4ClF3O.ClH/c9-7(13)5-3-1-2-4-6(5)8(10,11)12;/h1-4H;1H. The van der Waals surface area contributed by atoms with Gasteiger partial charge >= 0.3 is 6.18 Å². The third-order valence-electron chi connectivity index (χ3n) is 1.44. The summed E-state index contributed by atoms with van der Waals surface area (Å²) in [4.78, 5) is 10.6. The third kappa shape index (κ3) is 2.89. The Labute approximate surface area is 89.3 Å². The number of benzene rings is 1. The highest BCUT2D eigenvalue weighted by atomic mass is 35.5. The Balaban J connectivity index is 0.00000169. The van der Waals surface area contributed by atoms with E-state index in [9.17, 15) is 18.0 Å². The summed E-state index contributed by atoms with van der Waals surface area (Å²) in [5.74, 6) is 0. The summed E-state index contributed by atoms with van der Waals surface area (Å²) in [6, 6.07) is 4.38. The maximum absolute atomic E-state index is 12.2. The molecule has 0 saturated heterocycles. The van der Waals surface area contributed by atoms with Gasteiger partial charge in [0.2, 0.25) is 0 Å². The summed E-state index contributed by atoms with van der Waals surface area (Å²) < 4.78 is 36.6. The lowest BCUT2D eigenvalue weighted by molar-refractivity contribution is -0.137. The van der Waals surface area contributed by atoms with Crippen molar-refractivity contribution < 1.29 is 18.0 Å². The number of alkyl halides is 3. The minimum Gasteiger partial charge on any atom is -0.276 e. The molecule has 1 nitrogen and oxygen atoms in total. The molecule has 0 spiro atoms. The Morgan fingerprint density at radius 3 is 2.07 bits per heavy atom. The fourth-order valence-electron chi connectivity index (χ4n) is 0.902. The van der Waals surface area contributed by atoms with Gasteiger partial charge in [-0.05, 0) is 23.7 Å². The van der Waals surface area contributed by atoms with E-state index in [4.69, 9.17) is 11.6 Å². The Kier molecular flexibility index (Phi) is 4.42. The predicted octanol–water partition coefficient (Wildman–Crippen LogP) is 3.51. The number of hydrogen-bond acceptors (Lipinski definition) is 1. The molecule has 0 bridgehead atoms. The van der Waals surface area contributed by atoms with Gasteiger partial charge in [-0.3, -0.25) is 4.79 Å². The van der Waals surface area contributed by atoms with Gasteiger partial charge in [0.25, 0.3) is 5.24 Å². The lowest BCUT2D eigenvalue weighted by Crippen LogP contribution is -2.10. The molecule has 0 unspecified atom stereocenters. The predicted molar refractivity (Wildman–Crippen MR) is 48.9 cm³/mol. The SMILES string of the molecule is Cl.O=C(Cl)c1ccccc1C(F)(F)F. The molecule has 0 aliphatic carbocycles. The lowest BCUT2D eigenvalue weighted by atomic mass is 10.1. The van der Waals surface area contributed by atoms with Crippen LogP contribution in [0, 0.1) is 0 Å². The van der Waals surface area contributed by atoms with Gasteiger partial charge in [0.15, 0.2) is 0 Å². The van der Waals surface area contributed by atoms with Crippen LogP contribution in [-0.4, -0.2) is 5.24 Å². The van der Waals surface area contributed by atoms with Gasteiger partial charge in [-0.1, -0.05) is 12.1 Å². The molecule has 78 valence electrons.